The van der Waals surface area contributed by atoms with Gasteiger partial charge in [0.05, 0.1) is 17.0 Å². The summed E-state index contributed by atoms with van der Waals surface area (Å²) in [4.78, 5) is 25.0. The van der Waals surface area contributed by atoms with Crippen LogP contribution in [0.25, 0.3) is 0 Å². The van der Waals surface area contributed by atoms with Crippen LogP contribution in [-0.4, -0.2) is 58.4 Å². The Bertz CT molecular complexity index is 418. The zero-order chi connectivity index (χ0) is 13.1. The molecule has 1 fully saturated rings. The normalized spacial score (nSPS) is 16.9. The maximum Gasteiger partial charge on any atom is 0.257 e. The van der Waals surface area contributed by atoms with Crippen LogP contribution in [0, 0.1) is 13.8 Å². The van der Waals surface area contributed by atoms with E-state index < -0.39 is 0 Å². The van der Waals surface area contributed by atoms with Crippen LogP contribution < -0.4 is 0 Å². The van der Waals surface area contributed by atoms with E-state index in [1.807, 2.05) is 18.7 Å². The maximum absolute atomic E-state index is 12.5. The molecule has 5 heteroatoms. The molecule has 1 aromatic rings. The highest BCUT2D eigenvalue weighted by Crippen LogP contribution is 2.13. The van der Waals surface area contributed by atoms with Crippen molar-refractivity contribution in [2.75, 3.05) is 32.7 Å². The summed E-state index contributed by atoms with van der Waals surface area (Å²) in [5, 5.41) is 0. The number of hydrogen-bond donors (Lipinski definition) is 0. The molecule has 2 rings (SSSR count). The average Bonchev–Trinajstić information content (AvgIpc) is 2.38. The van der Waals surface area contributed by atoms with Crippen LogP contribution in [0.5, 0.6) is 0 Å². The number of hydrogen-bond acceptors (Lipinski definition) is 4. The van der Waals surface area contributed by atoms with Gasteiger partial charge in [-0.25, -0.2) is 9.97 Å². The molecule has 18 heavy (non-hydrogen) atoms. The highest BCUT2D eigenvalue weighted by Gasteiger charge is 2.24. The van der Waals surface area contributed by atoms with Crippen LogP contribution in [0.15, 0.2) is 6.33 Å². The van der Waals surface area contributed by atoms with Gasteiger partial charge >= 0.3 is 0 Å². The van der Waals surface area contributed by atoms with E-state index in [1.165, 1.54) is 6.33 Å². The van der Waals surface area contributed by atoms with E-state index in [0.29, 0.717) is 5.56 Å². The van der Waals surface area contributed by atoms with Gasteiger partial charge in [0.1, 0.15) is 6.33 Å². The van der Waals surface area contributed by atoms with E-state index >= 15 is 0 Å². The minimum absolute atomic E-state index is 0.0707. The number of aromatic nitrogens is 2. The smallest absolute Gasteiger partial charge is 0.257 e. The second-order valence-corrected chi connectivity index (χ2v) is 4.65. The zero-order valence-electron chi connectivity index (χ0n) is 11.3. The SMILES string of the molecule is CCN1CCN(C(=O)c2c(C)ncnc2C)CC1. The van der Waals surface area contributed by atoms with Gasteiger partial charge in [0.2, 0.25) is 0 Å². The summed E-state index contributed by atoms with van der Waals surface area (Å²) in [6.07, 6.45) is 1.51. The third kappa shape index (κ3) is 2.51. The summed E-state index contributed by atoms with van der Waals surface area (Å²) in [5.74, 6) is 0.0707. The Balaban J connectivity index is 2.13. The number of aryl methyl sites for hydroxylation is 2. The summed E-state index contributed by atoms with van der Waals surface area (Å²) in [5.41, 5.74) is 2.21. The Morgan fingerprint density at radius 1 is 1.17 bits per heavy atom. The van der Waals surface area contributed by atoms with Crippen LogP contribution in [0.3, 0.4) is 0 Å². The molecule has 0 unspecified atom stereocenters. The molecule has 0 aromatic carbocycles. The molecule has 0 bridgehead atoms. The largest absolute Gasteiger partial charge is 0.336 e. The summed E-state index contributed by atoms with van der Waals surface area (Å²) in [7, 11) is 0. The number of rotatable bonds is 2. The monoisotopic (exact) mass is 248 g/mol. The molecular weight excluding hydrogens is 228 g/mol. The van der Waals surface area contributed by atoms with Gasteiger partial charge in [-0.1, -0.05) is 6.92 Å². The van der Waals surface area contributed by atoms with Crippen molar-refractivity contribution in [2.45, 2.75) is 20.8 Å². The molecule has 0 aliphatic carbocycles. The molecule has 1 aliphatic heterocycles. The molecule has 0 radical (unpaired) electrons. The molecule has 98 valence electrons. The topological polar surface area (TPSA) is 49.3 Å². The fraction of sp³-hybridized carbons (Fsp3) is 0.615. The number of likely N-dealkylation sites (N-methyl/N-ethyl adjacent to an activating group) is 1. The molecule has 1 saturated heterocycles. The minimum atomic E-state index is 0.0707. The first-order valence-electron chi connectivity index (χ1n) is 6.43. The Kier molecular flexibility index (Phi) is 3.91. The first-order chi connectivity index (χ1) is 8.63. The molecule has 5 nitrogen and oxygen atoms in total. The van der Waals surface area contributed by atoms with Crippen LogP contribution in [-0.2, 0) is 0 Å². The minimum Gasteiger partial charge on any atom is -0.336 e. The van der Waals surface area contributed by atoms with Gasteiger partial charge in [-0.3, -0.25) is 4.79 Å². The first kappa shape index (κ1) is 13.0. The highest BCUT2D eigenvalue weighted by atomic mass is 16.2. The van der Waals surface area contributed by atoms with Gasteiger partial charge in [0.25, 0.3) is 5.91 Å². The Labute approximate surface area is 108 Å². The average molecular weight is 248 g/mol. The van der Waals surface area contributed by atoms with Gasteiger partial charge in [0.15, 0.2) is 0 Å². The third-order valence-corrected chi connectivity index (χ3v) is 3.55. The maximum atomic E-state index is 12.5. The number of carbonyl (C=O) groups is 1. The van der Waals surface area contributed by atoms with Gasteiger partial charge in [-0.15, -0.1) is 0 Å². The second kappa shape index (κ2) is 5.44. The van der Waals surface area contributed by atoms with Crippen molar-refractivity contribution in [2.24, 2.45) is 0 Å². The summed E-state index contributed by atoms with van der Waals surface area (Å²) >= 11 is 0. The summed E-state index contributed by atoms with van der Waals surface area (Å²) in [6, 6.07) is 0. The lowest BCUT2D eigenvalue weighted by molar-refractivity contribution is 0.0641. The van der Waals surface area contributed by atoms with Crippen LogP contribution in [0.2, 0.25) is 0 Å². The third-order valence-electron chi connectivity index (χ3n) is 3.55. The van der Waals surface area contributed by atoms with Gasteiger partial charge in [-0.2, -0.15) is 0 Å². The van der Waals surface area contributed by atoms with Crippen molar-refractivity contribution >= 4 is 5.91 Å². The predicted molar refractivity (Wildman–Crippen MR) is 69.5 cm³/mol. The fourth-order valence-corrected chi connectivity index (χ4v) is 2.33. The van der Waals surface area contributed by atoms with Gasteiger partial charge < -0.3 is 9.80 Å². The molecule has 1 aromatic heterocycles. The molecule has 0 atom stereocenters. The molecule has 0 spiro atoms. The van der Waals surface area contributed by atoms with Crippen molar-refractivity contribution in [1.29, 1.82) is 0 Å². The standard InChI is InChI=1S/C13H20N4O/c1-4-16-5-7-17(8-6-16)13(18)12-10(2)14-9-15-11(12)3/h9H,4-8H2,1-3H3. The summed E-state index contributed by atoms with van der Waals surface area (Å²) in [6.45, 7) is 10.4. The molecule has 0 saturated carbocycles. The van der Waals surface area contributed by atoms with Crippen molar-refractivity contribution in [3.8, 4) is 0 Å². The van der Waals surface area contributed by atoms with Crippen molar-refractivity contribution < 1.29 is 4.79 Å². The van der Waals surface area contributed by atoms with E-state index in [2.05, 4.69) is 21.8 Å². The molecule has 1 aliphatic rings. The molecule has 2 heterocycles. The predicted octanol–water partition coefficient (Wildman–Crippen LogP) is 0.871. The van der Waals surface area contributed by atoms with Gasteiger partial charge in [0, 0.05) is 26.2 Å². The van der Waals surface area contributed by atoms with E-state index in [-0.39, 0.29) is 5.91 Å². The molecule has 0 N–H and O–H groups in total. The van der Waals surface area contributed by atoms with Crippen LogP contribution in [0.1, 0.15) is 28.7 Å². The lowest BCUT2D eigenvalue weighted by Gasteiger charge is -2.34. The van der Waals surface area contributed by atoms with E-state index in [9.17, 15) is 4.79 Å². The van der Waals surface area contributed by atoms with Crippen LogP contribution in [0.4, 0.5) is 0 Å². The van der Waals surface area contributed by atoms with E-state index in [0.717, 1.165) is 44.1 Å². The second-order valence-electron chi connectivity index (χ2n) is 4.65. The Hall–Kier alpha value is -1.49. The number of carbonyl (C=O) groups excluding carboxylic acids is 1. The Morgan fingerprint density at radius 3 is 2.22 bits per heavy atom. The highest BCUT2D eigenvalue weighted by molar-refractivity contribution is 5.96. The van der Waals surface area contributed by atoms with Crippen molar-refractivity contribution in [3.05, 3.63) is 23.3 Å². The molecule has 1 amide bonds. The first-order valence-corrected chi connectivity index (χ1v) is 6.43. The lowest BCUT2D eigenvalue weighted by atomic mass is 10.1. The van der Waals surface area contributed by atoms with Crippen molar-refractivity contribution in [3.63, 3.8) is 0 Å². The van der Waals surface area contributed by atoms with E-state index in [1.54, 1.807) is 0 Å². The Morgan fingerprint density at radius 2 is 1.72 bits per heavy atom. The quantitative estimate of drug-likeness (QED) is 0.779. The lowest BCUT2D eigenvalue weighted by Crippen LogP contribution is -2.48. The number of amides is 1. The van der Waals surface area contributed by atoms with E-state index in [4.69, 9.17) is 0 Å². The summed E-state index contributed by atoms with van der Waals surface area (Å²) < 4.78 is 0. The zero-order valence-corrected chi connectivity index (χ0v) is 11.3. The number of piperazine rings is 1. The fourth-order valence-electron chi connectivity index (χ4n) is 2.33. The van der Waals surface area contributed by atoms with Crippen molar-refractivity contribution in [1.82, 2.24) is 19.8 Å². The molecular formula is C13H20N4O. The van der Waals surface area contributed by atoms with Crippen LogP contribution >= 0.6 is 0 Å². The number of nitrogens with zero attached hydrogens (tertiary/aromatic N) is 4. The van der Waals surface area contributed by atoms with Gasteiger partial charge in [-0.05, 0) is 20.4 Å².